The van der Waals surface area contributed by atoms with Crippen molar-refractivity contribution < 1.29 is 9.18 Å². The highest BCUT2D eigenvalue weighted by molar-refractivity contribution is 6.38. The second-order valence-electron chi connectivity index (χ2n) is 1.82. The van der Waals surface area contributed by atoms with E-state index in [1.54, 1.807) is 0 Å². The number of benzene rings is 1. The molecule has 0 fully saturated rings. The molecule has 0 saturated carbocycles. The highest BCUT2D eigenvalue weighted by Gasteiger charge is 2.09. The number of halogens is 3. The van der Waals surface area contributed by atoms with Gasteiger partial charge in [-0.1, -0.05) is 23.2 Å². The predicted molar refractivity (Wildman–Crippen MR) is 41.2 cm³/mol. The molecule has 0 amide bonds. The van der Waals surface area contributed by atoms with E-state index in [0.29, 0.717) is 0 Å². The van der Waals surface area contributed by atoms with Crippen LogP contribution in [0.2, 0.25) is 10.0 Å². The van der Waals surface area contributed by atoms with E-state index in [1.165, 1.54) is 12.4 Å². The molecule has 0 aliphatic carbocycles. The van der Waals surface area contributed by atoms with Crippen molar-refractivity contribution in [2.24, 2.45) is 0 Å². The molecule has 57 valence electrons. The Bertz CT molecular complexity index is 299. The van der Waals surface area contributed by atoms with Gasteiger partial charge in [0.05, 0.1) is 15.6 Å². The maximum absolute atomic E-state index is 12.6. The van der Waals surface area contributed by atoms with Gasteiger partial charge in [-0.15, -0.1) is 0 Å². The minimum Gasteiger partial charge on any atom is -0.285 e. The summed E-state index contributed by atoms with van der Waals surface area (Å²) in [5, 5.41) is -0.182. The van der Waals surface area contributed by atoms with Crippen molar-refractivity contribution >= 4 is 29.5 Å². The van der Waals surface area contributed by atoms with Crippen LogP contribution in [0.25, 0.3) is 0 Å². The minimum atomic E-state index is -0.672. The van der Waals surface area contributed by atoms with Gasteiger partial charge < -0.3 is 0 Å². The van der Waals surface area contributed by atoms with Gasteiger partial charge in [0.15, 0.2) is 0 Å². The third-order valence-electron chi connectivity index (χ3n) is 1.15. The van der Waals surface area contributed by atoms with Crippen LogP contribution >= 0.6 is 23.2 Å². The van der Waals surface area contributed by atoms with Crippen LogP contribution in [-0.2, 0) is 4.79 Å². The molecule has 0 aromatic heterocycles. The van der Waals surface area contributed by atoms with Crippen LogP contribution in [0.1, 0.15) is 5.56 Å². The SMILES string of the molecule is O=[C]c1c(Cl)ccc(F)c1Cl. The largest absolute Gasteiger partial charge is 0.285 e. The van der Waals surface area contributed by atoms with Crippen LogP contribution in [0.5, 0.6) is 0 Å². The Labute approximate surface area is 72.7 Å². The summed E-state index contributed by atoms with van der Waals surface area (Å²) < 4.78 is 12.6. The quantitative estimate of drug-likeness (QED) is 0.625. The summed E-state index contributed by atoms with van der Waals surface area (Å²) in [6.45, 7) is 0. The zero-order valence-corrected chi connectivity index (χ0v) is 6.71. The zero-order chi connectivity index (χ0) is 8.43. The van der Waals surface area contributed by atoms with Gasteiger partial charge >= 0.3 is 0 Å². The number of rotatable bonds is 1. The summed E-state index contributed by atoms with van der Waals surface area (Å²) in [6.07, 6.45) is 1.45. The van der Waals surface area contributed by atoms with Crippen LogP contribution in [-0.4, -0.2) is 6.29 Å². The van der Waals surface area contributed by atoms with Gasteiger partial charge in [0.25, 0.3) is 0 Å². The lowest BCUT2D eigenvalue weighted by atomic mass is 10.2. The van der Waals surface area contributed by atoms with E-state index in [4.69, 9.17) is 23.2 Å². The van der Waals surface area contributed by atoms with Gasteiger partial charge in [0, 0.05) is 0 Å². The van der Waals surface area contributed by atoms with E-state index in [2.05, 4.69) is 0 Å². The Hall–Kier alpha value is -0.600. The average molecular weight is 192 g/mol. The van der Waals surface area contributed by atoms with Gasteiger partial charge in [0.1, 0.15) is 5.82 Å². The summed E-state index contributed by atoms with van der Waals surface area (Å²) >= 11 is 10.9. The van der Waals surface area contributed by atoms with E-state index in [0.717, 1.165) is 6.07 Å². The molecule has 0 unspecified atom stereocenters. The first-order chi connectivity index (χ1) is 5.16. The monoisotopic (exact) mass is 191 g/mol. The molecule has 0 saturated heterocycles. The highest BCUT2D eigenvalue weighted by Crippen LogP contribution is 2.24. The minimum absolute atomic E-state index is 0.103. The van der Waals surface area contributed by atoms with Crippen LogP contribution in [0.4, 0.5) is 4.39 Å². The van der Waals surface area contributed by atoms with Crippen LogP contribution in [0.3, 0.4) is 0 Å². The van der Waals surface area contributed by atoms with Crippen molar-refractivity contribution in [2.45, 2.75) is 0 Å². The van der Waals surface area contributed by atoms with Gasteiger partial charge in [-0.05, 0) is 12.1 Å². The Morgan fingerprint density at radius 3 is 2.45 bits per heavy atom. The van der Waals surface area contributed by atoms with E-state index in [1.807, 2.05) is 0 Å². The summed E-state index contributed by atoms with van der Waals surface area (Å²) in [6, 6.07) is 2.34. The molecule has 1 radical (unpaired) electrons. The molecule has 0 aliphatic rings. The third-order valence-corrected chi connectivity index (χ3v) is 1.83. The van der Waals surface area contributed by atoms with Gasteiger partial charge in [-0.3, -0.25) is 4.79 Å². The van der Waals surface area contributed by atoms with Crippen molar-refractivity contribution in [1.82, 2.24) is 0 Å². The number of hydrogen-bond acceptors (Lipinski definition) is 1. The maximum atomic E-state index is 12.6. The van der Waals surface area contributed by atoms with Crippen molar-refractivity contribution in [1.29, 1.82) is 0 Å². The standard InChI is InChI=1S/C7H2Cl2FO/c8-5-1-2-6(10)7(9)4(5)3-11/h1-2H. The average Bonchev–Trinajstić information content (AvgIpc) is 1.99. The molecule has 0 N–H and O–H groups in total. The molecule has 0 heterocycles. The van der Waals surface area contributed by atoms with Crippen molar-refractivity contribution in [3.63, 3.8) is 0 Å². The topological polar surface area (TPSA) is 17.1 Å². The zero-order valence-electron chi connectivity index (χ0n) is 5.20. The van der Waals surface area contributed by atoms with Crippen LogP contribution in [0, 0.1) is 5.82 Å². The fourth-order valence-corrected chi connectivity index (χ4v) is 1.07. The normalized spacial score (nSPS) is 9.73. The molecule has 0 bridgehead atoms. The van der Waals surface area contributed by atoms with Gasteiger partial charge in [0.2, 0.25) is 6.29 Å². The molecular weight excluding hydrogens is 190 g/mol. The third kappa shape index (κ3) is 1.52. The molecule has 1 aromatic rings. The van der Waals surface area contributed by atoms with Crippen molar-refractivity contribution in [2.75, 3.05) is 0 Å². The number of hydrogen-bond donors (Lipinski definition) is 0. The van der Waals surface area contributed by atoms with Crippen LogP contribution < -0.4 is 0 Å². The summed E-state index contributed by atoms with van der Waals surface area (Å²) in [5.74, 6) is -0.672. The summed E-state index contributed by atoms with van der Waals surface area (Å²) in [7, 11) is 0. The lowest BCUT2D eigenvalue weighted by Crippen LogP contribution is -1.87. The van der Waals surface area contributed by atoms with E-state index in [-0.39, 0.29) is 15.6 Å². The molecule has 4 heteroatoms. The molecular formula is C7H2Cl2FO. The van der Waals surface area contributed by atoms with E-state index >= 15 is 0 Å². The number of carbonyl (C=O) groups excluding carboxylic acids is 1. The Kier molecular flexibility index (Phi) is 2.47. The second-order valence-corrected chi connectivity index (χ2v) is 2.61. The van der Waals surface area contributed by atoms with Gasteiger partial charge in [-0.25, -0.2) is 4.39 Å². The fraction of sp³-hybridized carbons (Fsp3) is 0. The Morgan fingerprint density at radius 2 is 2.00 bits per heavy atom. The molecule has 1 nitrogen and oxygen atoms in total. The Balaban J connectivity index is 3.40. The van der Waals surface area contributed by atoms with Crippen LogP contribution in [0.15, 0.2) is 12.1 Å². The Morgan fingerprint density at radius 1 is 1.36 bits per heavy atom. The molecule has 1 aromatic carbocycles. The fourth-order valence-electron chi connectivity index (χ4n) is 0.621. The van der Waals surface area contributed by atoms with Crippen molar-refractivity contribution in [3.05, 3.63) is 33.6 Å². The summed E-state index contributed by atoms with van der Waals surface area (Å²) in [4.78, 5) is 10.1. The first kappa shape index (κ1) is 8.50. The lowest BCUT2D eigenvalue weighted by Gasteiger charge is -1.97. The molecule has 1 rings (SSSR count). The molecule has 0 spiro atoms. The first-order valence-electron chi connectivity index (χ1n) is 2.68. The molecule has 0 atom stereocenters. The second kappa shape index (κ2) is 3.20. The lowest BCUT2D eigenvalue weighted by molar-refractivity contribution is 0.562. The highest BCUT2D eigenvalue weighted by atomic mass is 35.5. The van der Waals surface area contributed by atoms with E-state index < -0.39 is 5.82 Å². The molecule has 11 heavy (non-hydrogen) atoms. The summed E-state index contributed by atoms with van der Waals surface area (Å²) in [5.41, 5.74) is -0.131. The predicted octanol–water partition coefficient (Wildman–Crippen LogP) is 2.59. The first-order valence-corrected chi connectivity index (χ1v) is 3.44. The van der Waals surface area contributed by atoms with Gasteiger partial charge in [-0.2, -0.15) is 0 Å². The van der Waals surface area contributed by atoms with Crippen molar-refractivity contribution in [3.8, 4) is 0 Å². The molecule has 0 aliphatic heterocycles. The van der Waals surface area contributed by atoms with E-state index in [9.17, 15) is 9.18 Å². The maximum Gasteiger partial charge on any atom is 0.236 e. The smallest absolute Gasteiger partial charge is 0.236 e.